The smallest absolute Gasteiger partial charge is 0.163 e. The number of anilines is 1. The van der Waals surface area contributed by atoms with Gasteiger partial charge in [-0.2, -0.15) is 10.4 Å². The molecule has 0 amide bonds. The van der Waals surface area contributed by atoms with Gasteiger partial charge < -0.3 is 5.32 Å². The lowest BCUT2D eigenvalue weighted by atomic mass is 10.3. The summed E-state index contributed by atoms with van der Waals surface area (Å²) in [7, 11) is 0. The number of fused-ring (bicyclic) bond motifs is 2. The van der Waals surface area contributed by atoms with Crippen LogP contribution < -0.4 is 5.32 Å². The van der Waals surface area contributed by atoms with E-state index < -0.39 is 0 Å². The van der Waals surface area contributed by atoms with Crippen molar-refractivity contribution in [2.24, 2.45) is 0 Å². The fourth-order valence-corrected chi connectivity index (χ4v) is 2.71. The van der Waals surface area contributed by atoms with Crippen LogP contribution in [0.2, 0.25) is 0 Å². The number of aryl methyl sites for hydroxylation is 1. The number of hydrogen-bond acceptors (Lipinski definition) is 7. The topological polar surface area (TPSA) is 110 Å². The van der Waals surface area contributed by atoms with Crippen molar-refractivity contribution in [1.82, 2.24) is 34.3 Å². The van der Waals surface area contributed by atoms with E-state index in [1.807, 2.05) is 28.8 Å². The molecule has 0 saturated carbocycles. The van der Waals surface area contributed by atoms with E-state index in [0.29, 0.717) is 25.9 Å². The summed E-state index contributed by atoms with van der Waals surface area (Å²) in [5, 5.41) is 25.5. The summed E-state index contributed by atoms with van der Waals surface area (Å²) in [6, 6.07) is 7.93. The highest BCUT2D eigenvalue weighted by Crippen LogP contribution is 2.18. The van der Waals surface area contributed by atoms with E-state index in [2.05, 4.69) is 36.7 Å². The molecule has 9 nitrogen and oxygen atoms in total. The second-order valence-corrected chi connectivity index (χ2v) is 5.46. The summed E-state index contributed by atoms with van der Waals surface area (Å²) in [5.41, 5.74) is 1.56. The highest BCUT2D eigenvalue weighted by atomic mass is 15.3. The lowest BCUT2D eigenvalue weighted by molar-refractivity contribution is 0.643. The molecule has 25 heavy (non-hydrogen) atoms. The summed E-state index contributed by atoms with van der Waals surface area (Å²) in [6.07, 6.45) is 6.28. The van der Waals surface area contributed by atoms with Gasteiger partial charge in [0.15, 0.2) is 11.3 Å². The van der Waals surface area contributed by atoms with E-state index in [1.54, 1.807) is 10.9 Å². The van der Waals surface area contributed by atoms with E-state index in [0.717, 1.165) is 28.3 Å². The first-order valence-electron chi connectivity index (χ1n) is 7.93. The first-order valence-corrected chi connectivity index (χ1v) is 7.93. The van der Waals surface area contributed by atoms with Crippen LogP contribution in [0.25, 0.3) is 16.7 Å². The Morgan fingerprint density at radius 3 is 3.08 bits per heavy atom. The van der Waals surface area contributed by atoms with Crippen molar-refractivity contribution >= 4 is 22.5 Å². The van der Waals surface area contributed by atoms with E-state index in [9.17, 15) is 0 Å². The number of nitriles is 1. The summed E-state index contributed by atoms with van der Waals surface area (Å²) >= 11 is 0. The van der Waals surface area contributed by atoms with Gasteiger partial charge in [-0.25, -0.2) is 14.6 Å². The molecule has 0 bridgehead atoms. The minimum Gasteiger partial charge on any atom is -0.369 e. The van der Waals surface area contributed by atoms with Crippen LogP contribution in [-0.2, 0) is 13.0 Å². The molecule has 0 atom stereocenters. The summed E-state index contributed by atoms with van der Waals surface area (Å²) in [6.45, 7) is 1.17. The summed E-state index contributed by atoms with van der Waals surface area (Å²) in [4.78, 5) is 8.57. The Morgan fingerprint density at radius 2 is 2.16 bits per heavy atom. The van der Waals surface area contributed by atoms with E-state index in [-0.39, 0.29) is 0 Å². The quantitative estimate of drug-likeness (QED) is 0.568. The number of hydrogen-bond donors (Lipinski definition) is 1. The second-order valence-electron chi connectivity index (χ2n) is 5.46. The predicted molar refractivity (Wildman–Crippen MR) is 90.7 cm³/mol. The van der Waals surface area contributed by atoms with Crippen LogP contribution in [0, 0.1) is 11.3 Å². The molecule has 0 spiro atoms. The molecule has 0 fully saturated rings. The van der Waals surface area contributed by atoms with Crippen molar-refractivity contribution in [2.75, 3.05) is 11.9 Å². The average molecular weight is 333 g/mol. The van der Waals surface area contributed by atoms with Crippen molar-refractivity contribution in [3.05, 3.63) is 42.7 Å². The van der Waals surface area contributed by atoms with Gasteiger partial charge in [-0.1, -0.05) is 6.07 Å². The Labute approximate surface area is 143 Å². The van der Waals surface area contributed by atoms with Crippen LogP contribution in [0.15, 0.2) is 36.9 Å². The van der Waals surface area contributed by atoms with Crippen molar-refractivity contribution in [1.29, 1.82) is 5.26 Å². The maximum absolute atomic E-state index is 8.72. The Hall–Kier alpha value is -3.54. The molecule has 4 aromatic rings. The van der Waals surface area contributed by atoms with Crippen molar-refractivity contribution in [2.45, 2.75) is 19.4 Å². The Kier molecular flexibility index (Phi) is 3.92. The van der Waals surface area contributed by atoms with Crippen molar-refractivity contribution in [3.63, 3.8) is 0 Å². The van der Waals surface area contributed by atoms with Gasteiger partial charge >= 0.3 is 0 Å². The SMILES string of the molecule is N#CCCn1ncc2c(NCCc3nnc4ccccn34)ncnc21. The molecule has 9 heteroatoms. The maximum atomic E-state index is 8.72. The van der Waals surface area contributed by atoms with Crippen LogP contribution >= 0.6 is 0 Å². The van der Waals surface area contributed by atoms with Gasteiger partial charge in [0.2, 0.25) is 0 Å². The number of rotatable bonds is 6. The van der Waals surface area contributed by atoms with Crippen molar-refractivity contribution in [3.8, 4) is 6.07 Å². The fraction of sp³-hybridized carbons (Fsp3) is 0.250. The van der Waals surface area contributed by atoms with Gasteiger partial charge in [0.1, 0.15) is 18.0 Å². The Morgan fingerprint density at radius 1 is 1.20 bits per heavy atom. The van der Waals surface area contributed by atoms with Gasteiger partial charge in [0.25, 0.3) is 0 Å². The molecule has 4 aromatic heterocycles. The first kappa shape index (κ1) is 15.0. The van der Waals surface area contributed by atoms with Crippen LogP contribution in [0.4, 0.5) is 5.82 Å². The third-order valence-corrected chi connectivity index (χ3v) is 3.89. The molecule has 0 aromatic carbocycles. The summed E-state index contributed by atoms with van der Waals surface area (Å²) in [5.74, 6) is 1.61. The van der Waals surface area contributed by atoms with Gasteiger partial charge in [-0.3, -0.25) is 4.40 Å². The molecule has 0 unspecified atom stereocenters. The predicted octanol–water partition coefficient (Wildman–Crippen LogP) is 1.44. The average Bonchev–Trinajstić information content (AvgIpc) is 3.25. The molecule has 0 radical (unpaired) electrons. The zero-order chi connectivity index (χ0) is 17.1. The molecule has 0 saturated heterocycles. The molecule has 4 rings (SSSR count). The highest BCUT2D eigenvalue weighted by molar-refractivity contribution is 5.86. The van der Waals surface area contributed by atoms with Gasteiger partial charge in [0, 0.05) is 19.2 Å². The molecule has 0 aliphatic heterocycles. The maximum Gasteiger partial charge on any atom is 0.163 e. The van der Waals surface area contributed by atoms with Crippen LogP contribution in [-0.4, -0.2) is 40.9 Å². The monoisotopic (exact) mass is 333 g/mol. The number of nitrogens with one attached hydrogen (secondary N) is 1. The molecule has 0 aliphatic carbocycles. The zero-order valence-electron chi connectivity index (χ0n) is 13.4. The molecule has 4 heterocycles. The highest BCUT2D eigenvalue weighted by Gasteiger charge is 2.10. The summed E-state index contributed by atoms with van der Waals surface area (Å²) < 4.78 is 3.69. The number of aromatic nitrogens is 7. The number of nitrogens with zero attached hydrogens (tertiary/aromatic N) is 8. The largest absolute Gasteiger partial charge is 0.369 e. The Bertz CT molecular complexity index is 1060. The normalized spacial score (nSPS) is 11.0. The van der Waals surface area contributed by atoms with Crippen LogP contribution in [0.5, 0.6) is 0 Å². The van der Waals surface area contributed by atoms with E-state index in [4.69, 9.17) is 5.26 Å². The fourth-order valence-electron chi connectivity index (χ4n) is 2.71. The molecule has 1 N–H and O–H groups in total. The van der Waals surface area contributed by atoms with Crippen LogP contribution in [0.1, 0.15) is 12.2 Å². The minimum atomic E-state index is 0.392. The van der Waals surface area contributed by atoms with E-state index >= 15 is 0 Å². The van der Waals surface area contributed by atoms with Crippen LogP contribution in [0.3, 0.4) is 0 Å². The van der Waals surface area contributed by atoms with E-state index in [1.165, 1.54) is 6.33 Å². The second kappa shape index (κ2) is 6.52. The van der Waals surface area contributed by atoms with Crippen molar-refractivity contribution < 1.29 is 0 Å². The third-order valence-electron chi connectivity index (χ3n) is 3.89. The molecule has 124 valence electrons. The molecular weight excluding hydrogens is 318 g/mol. The first-order chi connectivity index (χ1) is 12.4. The number of pyridine rings is 1. The molecular formula is C16H15N9. The van der Waals surface area contributed by atoms with Gasteiger partial charge in [-0.15, -0.1) is 10.2 Å². The lowest BCUT2D eigenvalue weighted by Gasteiger charge is -2.06. The van der Waals surface area contributed by atoms with Gasteiger partial charge in [0.05, 0.1) is 30.6 Å². The zero-order valence-corrected chi connectivity index (χ0v) is 13.4. The minimum absolute atomic E-state index is 0.392. The van der Waals surface area contributed by atoms with Gasteiger partial charge in [-0.05, 0) is 12.1 Å². The molecule has 0 aliphatic rings. The Balaban J connectivity index is 1.49. The lowest BCUT2D eigenvalue weighted by Crippen LogP contribution is -2.09. The third kappa shape index (κ3) is 2.85. The standard InChI is InChI=1S/C16H15N9/c17-6-3-9-25-16-12(10-21-25)15(19-11-20-16)18-7-5-14-23-22-13-4-1-2-8-24(13)14/h1-2,4,8,10-11H,3,5,7,9H2,(H,18,19,20).